The van der Waals surface area contributed by atoms with Crippen molar-refractivity contribution in [3.8, 4) is 0 Å². The second kappa shape index (κ2) is 6.20. The van der Waals surface area contributed by atoms with E-state index in [9.17, 15) is 17.6 Å². The van der Waals surface area contributed by atoms with E-state index in [4.69, 9.17) is 17.3 Å². The summed E-state index contributed by atoms with van der Waals surface area (Å²) < 4.78 is 41.3. The second-order valence-corrected chi connectivity index (χ2v) is 7.82. The summed E-state index contributed by atoms with van der Waals surface area (Å²) in [6.07, 6.45) is 0.319. The Morgan fingerprint density at radius 1 is 1.20 bits per heavy atom. The number of sulfonamides is 1. The molecule has 132 valence electrons. The van der Waals surface area contributed by atoms with Crippen molar-refractivity contribution in [3.63, 3.8) is 0 Å². The van der Waals surface area contributed by atoms with Crippen LogP contribution in [0.3, 0.4) is 0 Å². The maximum absolute atomic E-state index is 13.7. The number of rotatable bonds is 5. The lowest BCUT2D eigenvalue weighted by atomic mass is 10.2. The van der Waals surface area contributed by atoms with E-state index in [0.717, 1.165) is 0 Å². The van der Waals surface area contributed by atoms with E-state index in [-0.39, 0.29) is 39.8 Å². The van der Waals surface area contributed by atoms with Crippen molar-refractivity contribution in [3.05, 3.63) is 47.5 Å². The first-order chi connectivity index (χ1) is 11.7. The minimum Gasteiger partial charge on any atom is -0.398 e. The molecule has 1 aliphatic rings. The van der Waals surface area contributed by atoms with E-state index in [1.165, 1.54) is 30.3 Å². The minimum atomic E-state index is -4.05. The van der Waals surface area contributed by atoms with Crippen LogP contribution in [0.1, 0.15) is 12.8 Å². The number of anilines is 3. The average molecular weight is 384 g/mol. The monoisotopic (exact) mass is 383 g/mol. The van der Waals surface area contributed by atoms with Gasteiger partial charge in [-0.05, 0) is 43.2 Å². The van der Waals surface area contributed by atoms with Crippen molar-refractivity contribution >= 4 is 44.6 Å². The maximum Gasteiger partial charge on any atom is 0.264 e. The first-order valence-electron chi connectivity index (χ1n) is 7.38. The SMILES string of the molecule is Nc1ccc(NC(=O)C2(F)CC2)cc1S(=O)(=O)Nc1ccccc1Cl. The zero-order valence-corrected chi connectivity index (χ0v) is 14.5. The molecule has 2 aromatic carbocycles. The van der Waals surface area contributed by atoms with Gasteiger partial charge in [0, 0.05) is 5.69 Å². The van der Waals surface area contributed by atoms with E-state index >= 15 is 0 Å². The minimum absolute atomic E-state index is 0.0149. The third-order valence-corrected chi connectivity index (χ3v) is 5.53. The van der Waals surface area contributed by atoms with Gasteiger partial charge in [-0.25, -0.2) is 12.8 Å². The number of nitrogen functional groups attached to an aromatic ring is 1. The van der Waals surface area contributed by atoms with Crippen molar-refractivity contribution in [2.45, 2.75) is 23.4 Å². The summed E-state index contributed by atoms with van der Waals surface area (Å²) in [5, 5.41) is 2.60. The Labute approximate surface area is 149 Å². The number of halogens is 2. The number of amides is 1. The van der Waals surface area contributed by atoms with E-state index in [0.29, 0.717) is 0 Å². The number of nitrogens with two attached hydrogens (primary N) is 1. The average Bonchev–Trinajstić information content (AvgIpc) is 3.30. The molecular weight excluding hydrogens is 369 g/mol. The van der Waals surface area contributed by atoms with E-state index < -0.39 is 21.6 Å². The highest BCUT2D eigenvalue weighted by molar-refractivity contribution is 7.93. The molecule has 0 atom stereocenters. The highest BCUT2D eigenvalue weighted by Crippen LogP contribution is 2.40. The van der Waals surface area contributed by atoms with E-state index in [2.05, 4.69) is 10.0 Å². The quantitative estimate of drug-likeness (QED) is 0.690. The number of carbonyl (C=O) groups excluding carboxylic acids is 1. The fourth-order valence-corrected chi connectivity index (χ4v) is 3.65. The van der Waals surface area contributed by atoms with Crippen LogP contribution in [-0.2, 0) is 14.8 Å². The Balaban J connectivity index is 1.89. The summed E-state index contributed by atoms with van der Waals surface area (Å²) >= 11 is 5.96. The van der Waals surface area contributed by atoms with Gasteiger partial charge >= 0.3 is 0 Å². The van der Waals surface area contributed by atoms with Crippen LogP contribution < -0.4 is 15.8 Å². The summed E-state index contributed by atoms with van der Waals surface area (Å²) in [6, 6.07) is 10.2. The largest absolute Gasteiger partial charge is 0.398 e. The lowest BCUT2D eigenvalue weighted by Crippen LogP contribution is -2.25. The Morgan fingerprint density at radius 3 is 2.52 bits per heavy atom. The fourth-order valence-electron chi connectivity index (χ4n) is 2.17. The van der Waals surface area contributed by atoms with Gasteiger partial charge in [0.2, 0.25) is 0 Å². The van der Waals surface area contributed by atoms with Gasteiger partial charge in [-0.15, -0.1) is 0 Å². The molecule has 0 saturated heterocycles. The Kier molecular flexibility index (Phi) is 4.34. The van der Waals surface area contributed by atoms with Crippen LogP contribution in [0.25, 0.3) is 0 Å². The van der Waals surface area contributed by atoms with Crippen LogP contribution in [-0.4, -0.2) is 20.0 Å². The van der Waals surface area contributed by atoms with Gasteiger partial charge in [-0.2, -0.15) is 0 Å². The molecular formula is C16H15ClFN3O3S. The lowest BCUT2D eigenvalue weighted by molar-refractivity contribution is -0.122. The molecule has 0 aromatic heterocycles. The fraction of sp³-hybridized carbons (Fsp3) is 0.188. The molecule has 25 heavy (non-hydrogen) atoms. The number of hydrogen-bond donors (Lipinski definition) is 3. The van der Waals surface area contributed by atoms with Gasteiger partial charge in [0.15, 0.2) is 5.67 Å². The van der Waals surface area contributed by atoms with Crippen LogP contribution in [0.4, 0.5) is 21.5 Å². The standard InChI is InChI=1S/C16H15ClFN3O3S/c17-11-3-1-2-4-13(11)21-25(23,24)14-9-10(5-6-12(14)19)20-15(22)16(18)7-8-16/h1-6,9,21H,7-8,19H2,(H,20,22). The molecule has 4 N–H and O–H groups in total. The van der Waals surface area contributed by atoms with Crippen LogP contribution in [0, 0.1) is 0 Å². The first kappa shape index (κ1) is 17.5. The first-order valence-corrected chi connectivity index (χ1v) is 9.25. The van der Waals surface area contributed by atoms with Crippen LogP contribution in [0.15, 0.2) is 47.4 Å². The third-order valence-electron chi connectivity index (χ3n) is 3.78. The molecule has 1 fully saturated rings. The maximum atomic E-state index is 13.7. The van der Waals surface area contributed by atoms with Gasteiger partial charge in [0.25, 0.3) is 15.9 Å². The smallest absolute Gasteiger partial charge is 0.264 e. The van der Waals surface area contributed by atoms with Crippen LogP contribution >= 0.6 is 11.6 Å². The molecule has 6 nitrogen and oxygen atoms in total. The van der Waals surface area contributed by atoms with Crippen molar-refractivity contribution in [1.29, 1.82) is 0 Å². The van der Waals surface area contributed by atoms with Gasteiger partial charge in [0.1, 0.15) is 4.90 Å². The molecule has 0 bridgehead atoms. The molecule has 9 heteroatoms. The normalized spacial score (nSPS) is 15.4. The molecule has 0 unspecified atom stereocenters. The molecule has 0 spiro atoms. The van der Waals surface area contributed by atoms with Crippen LogP contribution in [0.5, 0.6) is 0 Å². The lowest BCUT2D eigenvalue weighted by Gasteiger charge is -2.13. The number of para-hydroxylation sites is 1. The number of alkyl halides is 1. The summed E-state index contributed by atoms with van der Waals surface area (Å²) in [5.41, 5.74) is 4.21. The Bertz CT molecular complexity index is 945. The highest BCUT2D eigenvalue weighted by Gasteiger charge is 2.50. The van der Waals surface area contributed by atoms with Crippen LogP contribution in [0.2, 0.25) is 5.02 Å². The molecule has 3 rings (SSSR count). The molecule has 0 aliphatic heterocycles. The number of carbonyl (C=O) groups is 1. The van der Waals surface area contributed by atoms with Crippen molar-refractivity contribution < 1.29 is 17.6 Å². The van der Waals surface area contributed by atoms with Gasteiger partial charge in [-0.1, -0.05) is 23.7 Å². The third kappa shape index (κ3) is 3.69. The molecule has 2 aromatic rings. The predicted octanol–water partition coefficient (Wildman–Crippen LogP) is 3.16. The Morgan fingerprint density at radius 2 is 1.88 bits per heavy atom. The number of benzene rings is 2. The summed E-state index contributed by atoms with van der Waals surface area (Å²) in [5.74, 6) is -0.792. The zero-order valence-electron chi connectivity index (χ0n) is 12.9. The zero-order chi connectivity index (χ0) is 18.2. The summed E-state index contributed by atoms with van der Waals surface area (Å²) in [4.78, 5) is 11.5. The molecule has 1 aliphatic carbocycles. The molecule has 0 radical (unpaired) electrons. The second-order valence-electron chi connectivity index (χ2n) is 5.76. The van der Waals surface area contributed by atoms with E-state index in [1.807, 2.05) is 0 Å². The van der Waals surface area contributed by atoms with E-state index in [1.54, 1.807) is 12.1 Å². The van der Waals surface area contributed by atoms with Crippen molar-refractivity contribution in [2.24, 2.45) is 0 Å². The summed E-state index contributed by atoms with van der Waals surface area (Å²) in [7, 11) is -4.05. The van der Waals surface area contributed by atoms with Crippen molar-refractivity contribution in [1.82, 2.24) is 0 Å². The Hall–Kier alpha value is -2.32. The number of hydrogen-bond acceptors (Lipinski definition) is 4. The molecule has 0 heterocycles. The topological polar surface area (TPSA) is 101 Å². The van der Waals surface area contributed by atoms with Gasteiger partial charge in [-0.3, -0.25) is 9.52 Å². The predicted molar refractivity (Wildman–Crippen MR) is 94.8 cm³/mol. The molecule has 1 amide bonds. The van der Waals surface area contributed by atoms with Gasteiger partial charge < -0.3 is 11.1 Å². The number of nitrogens with one attached hydrogen (secondary N) is 2. The molecule has 1 saturated carbocycles. The van der Waals surface area contributed by atoms with Gasteiger partial charge in [0.05, 0.1) is 16.4 Å². The highest BCUT2D eigenvalue weighted by atomic mass is 35.5. The van der Waals surface area contributed by atoms with Crippen molar-refractivity contribution in [2.75, 3.05) is 15.8 Å². The summed E-state index contributed by atoms with van der Waals surface area (Å²) in [6.45, 7) is 0.